The number of ether oxygens (including phenoxy) is 1. The maximum Gasteiger partial charge on any atom is 0.573 e. The highest BCUT2D eigenvalue weighted by Crippen LogP contribution is 2.42. The smallest absolute Gasteiger partial charge is 0.406 e. The van der Waals surface area contributed by atoms with Gasteiger partial charge in [-0.25, -0.2) is 0 Å². The molecule has 2 aromatic rings. The topological polar surface area (TPSA) is 65.4 Å². The molecule has 1 unspecified atom stereocenters. The average molecular weight is 387 g/mol. The third kappa shape index (κ3) is 3.36. The minimum atomic E-state index is -4.75. The summed E-state index contributed by atoms with van der Waals surface area (Å²) in [7, 11) is 0. The van der Waals surface area contributed by atoms with E-state index < -0.39 is 11.8 Å². The highest BCUT2D eigenvalue weighted by Gasteiger charge is 2.47. The Balaban J connectivity index is 1.65. The van der Waals surface area contributed by atoms with E-state index in [2.05, 4.69) is 16.2 Å². The van der Waals surface area contributed by atoms with Gasteiger partial charge in [0.25, 0.3) is 0 Å². The fraction of sp³-hybridized carbons (Fsp3) is 0.300. The van der Waals surface area contributed by atoms with Crippen LogP contribution in [0.4, 0.5) is 18.9 Å². The molecule has 1 saturated heterocycles. The normalized spacial score (nSPS) is 21.2. The van der Waals surface area contributed by atoms with Gasteiger partial charge in [0.2, 0.25) is 5.91 Å². The number of nitriles is 1. The number of rotatable bonds is 2. The molecule has 0 bridgehead atoms. The molecule has 1 amide bonds. The largest absolute Gasteiger partial charge is 0.573 e. The van der Waals surface area contributed by atoms with Crippen molar-refractivity contribution in [3.63, 3.8) is 0 Å². The Bertz CT molecular complexity index is 983. The van der Waals surface area contributed by atoms with Crippen molar-refractivity contribution in [3.8, 4) is 23.1 Å². The minimum Gasteiger partial charge on any atom is -0.406 e. The fourth-order valence-electron chi connectivity index (χ4n) is 3.90. The molecule has 1 spiro atoms. The first-order valence-electron chi connectivity index (χ1n) is 8.73. The van der Waals surface area contributed by atoms with Gasteiger partial charge < -0.3 is 15.0 Å². The molecule has 144 valence electrons. The molecular formula is C20H16F3N3O2. The number of carbonyl (C=O) groups is 1. The standard InChI is InChI=1S/C20H16F3N3O2/c21-20(22,23)28-16-3-1-2-13(9-16)14-4-5-17-15(8-14)10-19(18(27)25-17)6-7-26(11-19)12-24/h1-5,8-9H,6-7,10-11H2,(H,25,27). The molecule has 2 aliphatic heterocycles. The molecule has 0 aliphatic carbocycles. The van der Waals surface area contributed by atoms with Crippen LogP contribution < -0.4 is 10.1 Å². The minimum absolute atomic E-state index is 0.0916. The maximum atomic E-state index is 12.6. The predicted molar refractivity (Wildman–Crippen MR) is 95.1 cm³/mol. The van der Waals surface area contributed by atoms with Gasteiger partial charge in [0.05, 0.1) is 5.41 Å². The van der Waals surface area contributed by atoms with E-state index in [1.807, 2.05) is 6.07 Å². The summed E-state index contributed by atoms with van der Waals surface area (Å²) in [4.78, 5) is 14.2. The summed E-state index contributed by atoms with van der Waals surface area (Å²) >= 11 is 0. The van der Waals surface area contributed by atoms with Gasteiger partial charge in [-0.2, -0.15) is 5.26 Å². The van der Waals surface area contributed by atoms with Crippen molar-refractivity contribution >= 4 is 11.6 Å². The van der Waals surface area contributed by atoms with Crippen molar-refractivity contribution in [1.82, 2.24) is 4.90 Å². The van der Waals surface area contributed by atoms with Crippen LogP contribution in [0.1, 0.15) is 12.0 Å². The number of hydrogen-bond donors (Lipinski definition) is 1. The van der Waals surface area contributed by atoms with Gasteiger partial charge in [0, 0.05) is 18.8 Å². The number of alkyl halides is 3. The highest BCUT2D eigenvalue weighted by molar-refractivity contribution is 5.99. The number of likely N-dealkylation sites (tertiary alicyclic amines) is 1. The summed E-state index contributed by atoms with van der Waals surface area (Å²) in [5.41, 5.74) is 2.26. The number of benzene rings is 2. The van der Waals surface area contributed by atoms with Gasteiger partial charge in [0.15, 0.2) is 6.19 Å². The van der Waals surface area contributed by atoms with E-state index >= 15 is 0 Å². The van der Waals surface area contributed by atoms with Crippen LogP contribution in [0.2, 0.25) is 0 Å². The molecule has 2 heterocycles. The Morgan fingerprint density at radius 3 is 2.68 bits per heavy atom. The van der Waals surface area contributed by atoms with Gasteiger partial charge in [0.1, 0.15) is 5.75 Å². The number of fused-ring (bicyclic) bond motifs is 1. The van der Waals surface area contributed by atoms with Crippen molar-refractivity contribution in [2.45, 2.75) is 19.2 Å². The summed E-state index contributed by atoms with van der Waals surface area (Å²) in [5, 5.41) is 12.0. The van der Waals surface area contributed by atoms with E-state index in [4.69, 9.17) is 5.26 Å². The molecule has 1 atom stereocenters. The molecule has 1 fully saturated rings. The van der Waals surface area contributed by atoms with Crippen molar-refractivity contribution in [2.75, 3.05) is 18.4 Å². The van der Waals surface area contributed by atoms with Crippen LogP contribution in [0.25, 0.3) is 11.1 Å². The van der Waals surface area contributed by atoms with Gasteiger partial charge >= 0.3 is 6.36 Å². The summed E-state index contributed by atoms with van der Waals surface area (Å²) in [6.45, 7) is 0.906. The van der Waals surface area contributed by atoms with Crippen LogP contribution in [-0.4, -0.2) is 30.3 Å². The Morgan fingerprint density at radius 2 is 1.96 bits per heavy atom. The molecule has 0 radical (unpaired) electrons. The number of hydrogen-bond acceptors (Lipinski definition) is 4. The van der Waals surface area contributed by atoms with Crippen LogP contribution in [0.3, 0.4) is 0 Å². The Labute approximate surface area is 159 Å². The van der Waals surface area contributed by atoms with Gasteiger partial charge in [-0.3, -0.25) is 4.79 Å². The first-order chi connectivity index (χ1) is 13.3. The van der Waals surface area contributed by atoms with E-state index in [1.165, 1.54) is 18.2 Å². The number of nitrogens with zero attached hydrogens (tertiary/aromatic N) is 2. The second kappa shape index (κ2) is 6.44. The van der Waals surface area contributed by atoms with Crippen LogP contribution in [-0.2, 0) is 11.2 Å². The molecular weight excluding hydrogens is 371 g/mol. The Kier molecular flexibility index (Phi) is 4.18. The first-order valence-corrected chi connectivity index (χ1v) is 8.73. The molecule has 2 aromatic carbocycles. The second-order valence-corrected chi connectivity index (χ2v) is 7.13. The molecule has 2 aliphatic rings. The zero-order valence-corrected chi connectivity index (χ0v) is 14.7. The zero-order valence-electron chi connectivity index (χ0n) is 14.7. The second-order valence-electron chi connectivity index (χ2n) is 7.13. The zero-order chi connectivity index (χ0) is 19.9. The predicted octanol–water partition coefficient (Wildman–Crippen LogP) is 3.92. The van der Waals surface area contributed by atoms with Gasteiger partial charge in [-0.1, -0.05) is 18.2 Å². The average Bonchev–Trinajstić information content (AvgIpc) is 3.05. The van der Waals surface area contributed by atoms with E-state index in [9.17, 15) is 18.0 Å². The SMILES string of the molecule is N#CN1CCC2(Cc3cc(-c4cccc(OC(F)(F)F)c4)ccc3NC2=O)C1. The number of nitrogens with one attached hydrogen (secondary N) is 1. The van der Waals surface area contributed by atoms with E-state index in [1.54, 1.807) is 23.1 Å². The number of halogens is 3. The quantitative estimate of drug-likeness (QED) is 0.794. The number of carbonyl (C=O) groups excluding carboxylic acids is 1. The molecule has 8 heteroatoms. The van der Waals surface area contributed by atoms with E-state index in [0.29, 0.717) is 37.2 Å². The third-order valence-electron chi connectivity index (χ3n) is 5.26. The summed E-state index contributed by atoms with van der Waals surface area (Å²) in [6.07, 6.45) is -1.59. The lowest BCUT2D eigenvalue weighted by molar-refractivity contribution is -0.274. The van der Waals surface area contributed by atoms with Crippen molar-refractivity contribution < 1.29 is 22.7 Å². The third-order valence-corrected chi connectivity index (χ3v) is 5.26. The van der Waals surface area contributed by atoms with Crippen LogP contribution >= 0.6 is 0 Å². The van der Waals surface area contributed by atoms with E-state index in [-0.39, 0.29) is 11.7 Å². The molecule has 4 rings (SSSR count). The first kappa shape index (κ1) is 18.2. The van der Waals surface area contributed by atoms with Crippen molar-refractivity contribution in [1.29, 1.82) is 5.26 Å². The molecule has 0 saturated carbocycles. The van der Waals surface area contributed by atoms with Crippen LogP contribution in [0, 0.1) is 16.9 Å². The Morgan fingerprint density at radius 1 is 1.18 bits per heavy atom. The Hall–Kier alpha value is -3.21. The lowest BCUT2D eigenvalue weighted by atomic mass is 9.76. The summed E-state index contributed by atoms with van der Waals surface area (Å²) < 4.78 is 41.4. The van der Waals surface area contributed by atoms with Gasteiger partial charge in [-0.15, -0.1) is 13.2 Å². The molecule has 5 nitrogen and oxygen atoms in total. The van der Waals surface area contributed by atoms with E-state index in [0.717, 1.165) is 11.1 Å². The fourth-order valence-corrected chi connectivity index (χ4v) is 3.90. The highest BCUT2D eigenvalue weighted by atomic mass is 19.4. The maximum absolute atomic E-state index is 12.6. The molecule has 1 N–H and O–H groups in total. The van der Waals surface area contributed by atoms with Crippen molar-refractivity contribution in [3.05, 3.63) is 48.0 Å². The lowest BCUT2D eigenvalue weighted by Crippen LogP contribution is -2.43. The summed E-state index contributed by atoms with van der Waals surface area (Å²) in [6, 6.07) is 11.2. The monoisotopic (exact) mass is 387 g/mol. The molecule has 28 heavy (non-hydrogen) atoms. The summed E-state index contributed by atoms with van der Waals surface area (Å²) in [5.74, 6) is -0.376. The molecule has 0 aromatic heterocycles. The number of anilines is 1. The van der Waals surface area contributed by atoms with Gasteiger partial charge in [-0.05, 0) is 53.8 Å². The lowest BCUT2D eigenvalue weighted by Gasteiger charge is -2.33. The van der Waals surface area contributed by atoms with Crippen LogP contribution in [0.15, 0.2) is 42.5 Å². The number of amides is 1. The van der Waals surface area contributed by atoms with Crippen molar-refractivity contribution in [2.24, 2.45) is 5.41 Å². The van der Waals surface area contributed by atoms with Crippen LogP contribution in [0.5, 0.6) is 5.75 Å².